The lowest BCUT2D eigenvalue weighted by atomic mass is 10.0. The summed E-state index contributed by atoms with van der Waals surface area (Å²) in [5.74, 6) is 1.35. The lowest BCUT2D eigenvalue weighted by molar-refractivity contribution is 0.176. The average Bonchev–Trinajstić information content (AvgIpc) is 3.11. The van der Waals surface area contributed by atoms with Gasteiger partial charge in [-0.3, -0.25) is 9.78 Å². The molecule has 3 aromatic carbocycles. The van der Waals surface area contributed by atoms with Crippen LogP contribution in [0.25, 0.3) is 22.0 Å². The second kappa shape index (κ2) is 16.7. The van der Waals surface area contributed by atoms with Crippen molar-refractivity contribution in [2.75, 3.05) is 32.1 Å². The van der Waals surface area contributed by atoms with E-state index in [2.05, 4.69) is 45.4 Å². The Morgan fingerprint density at radius 2 is 1.89 bits per heavy atom. The van der Waals surface area contributed by atoms with Crippen LogP contribution < -0.4 is 25.7 Å². The fourth-order valence-corrected chi connectivity index (χ4v) is 5.30. The Labute approximate surface area is 275 Å². The molecule has 4 N–H and O–H groups in total. The highest BCUT2D eigenvalue weighted by Crippen LogP contribution is 2.32. The van der Waals surface area contributed by atoms with Crippen molar-refractivity contribution in [3.63, 3.8) is 0 Å². The van der Waals surface area contributed by atoms with Crippen LogP contribution >= 0.6 is 0 Å². The van der Waals surface area contributed by atoms with Gasteiger partial charge < -0.3 is 30.2 Å². The van der Waals surface area contributed by atoms with E-state index < -0.39 is 6.10 Å². The predicted molar refractivity (Wildman–Crippen MR) is 190 cm³/mol. The van der Waals surface area contributed by atoms with Crippen molar-refractivity contribution in [2.45, 2.75) is 19.1 Å². The van der Waals surface area contributed by atoms with Gasteiger partial charge in [0.1, 0.15) is 18.1 Å². The summed E-state index contributed by atoms with van der Waals surface area (Å²) in [4.78, 5) is 19.3. The highest BCUT2D eigenvalue weighted by Gasteiger charge is 2.15. The number of aromatic nitrogens is 2. The molecule has 0 saturated carbocycles. The molecule has 0 radical (unpaired) electrons. The average molecular weight is 629 g/mol. The first-order valence-electron chi connectivity index (χ1n) is 15.6. The monoisotopic (exact) mass is 628 g/mol. The van der Waals surface area contributed by atoms with Gasteiger partial charge in [-0.2, -0.15) is 0 Å². The minimum Gasteiger partial charge on any atom is -0.496 e. The lowest BCUT2D eigenvalue weighted by Gasteiger charge is -2.17. The van der Waals surface area contributed by atoms with Crippen LogP contribution in [0.5, 0.6) is 11.5 Å². The topological polar surface area (TPSA) is 108 Å². The van der Waals surface area contributed by atoms with Crippen LogP contribution in [0.4, 0.5) is 5.69 Å². The van der Waals surface area contributed by atoms with Crippen LogP contribution in [-0.4, -0.2) is 41.8 Å². The molecule has 8 heteroatoms. The molecule has 8 nitrogen and oxygen atoms in total. The SMILES string of the molecule is C=C/C=C(\C=C/CNc1ccc(OC)c(-c2cccnc2)c1)CCNC[C@H](O)c1ccc(OCc2ccccc2)c2[nH]c(=O)ccc12. The number of aliphatic hydroxyl groups is 1. The smallest absolute Gasteiger partial charge is 0.248 e. The summed E-state index contributed by atoms with van der Waals surface area (Å²) >= 11 is 0. The number of aliphatic hydroxyl groups excluding tert-OH is 1. The maximum absolute atomic E-state index is 12.2. The van der Waals surface area contributed by atoms with E-state index in [0.717, 1.165) is 45.5 Å². The molecule has 0 amide bonds. The number of allylic oxidation sites excluding steroid dienone is 3. The molecule has 5 rings (SSSR count). The minimum atomic E-state index is -0.779. The summed E-state index contributed by atoms with van der Waals surface area (Å²) in [7, 11) is 1.67. The normalized spacial score (nSPS) is 12.3. The molecule has 240 valence electrons. The van der Waals surface area contributed by atoms with Gasteiger partial charge in [0, 0.05) is 53.8 Å². The molecular formula is C39H40N4O4. The molecule has 47 heavy (non-hydrogen) atoms. The fourth-order valence-electron chi connectivity index (χ4n) is 5.30. The highest BCUT2D eigenvalue weighted by atomic mass is 16.5. The molecule has 0 saturated heterocycles. The second-order valence-electron chi connectivity index (χ2n) is 10.9. The lowest BCUT2D eigenvalue weighted by Crippen LogP contribution is -2.23. The number of anilines is 1. The molecule has 0 bridgehead atoms. The number of nitrogens with zero attached hydrogens (tertiary/aromatic N) is 1. The number of rotatable bonds is 16. The maximum atomic E-state index is 12.2. The van der Waals surface area contributed by atoms with Gasteiger partial charge in [-0.05, 0) is 66.1 Å². The highest BCUT2D eigenvalue weighted by molar-refractivity contribution is 5.87. The molecule has 0 aliphatic rings. The molecular weight excluding hydrogens is 588 g/mol. The summed E-state index contributed by atoms with van der Waals surface area (Å²) in [6.07, 6.45) is 11.5. The predicted octanol–water partition coefficient (Wildman–Crippen LogP) is 6.97. The maximum Gasteiger partial charge on any atom is 0.248 e. The largest absolute Gasteiger partial charge is 0.496 e. The van der Waals surface area contributed by atoms with Gasteiger partial charge in [0.05, 0.1) is 18.7 Å². The van der Waals surface area contributed by atoms with Crippen molar-refractivity contribution >= 4 is 16.6 Å². The van der Waals surface area contributed by atoms with Gasteiger partial charge in [-0.15, -0.1) is 0 Å². The number of aromatic amines is 1. The van der Waals surface area contributed by atoms with E-state index in [-0.39, 0.29) is 5.56 Å². The number of H-pyrrole nitrogens is 1. The molecule has 0 spiro atoms. The first kappa shape index (κ1) is 32.9. The van der Waals surface area contributed by atoms with E-state index in [0.29, 0.717) is 43.1 Å². The number of pyridine rings is 2. The Hall–Kier alpha value is -5.44. The Bertz CT molecular complexity index is 1880. The Balaban J connectivity index is 1.14. The van der Waals surface area contributed by atoms with Crippen molar-refractivity contribution in [2.24, 2.45) is 0 Å². The van der Waals surface area contributed by atoms with Crippen molar-refractivity contribution < 1.29 is 14.6 Å². The van der Waals surface area contributed by atoms with Crippen molar-refractivity contribution in [1.29, 1.82) is 0 Å². The van der Waals surface area contributed by atoms with Crippen LogP contribution in [0.1, 0.15) is 23.7 Å². The summed E-state index contributed by atoms with van der Waals surface area (Å²) in [5, 5.41) is 18.7. The van der Waals surface area contributed by atoms with Crippen molar-refractivity contribution in [1.82, 2.24) is 15.3 Å². The number of hydrogen-bond donors (Lipinski definition) is 4. The summed E-state index contributed by atoms with van der Waals surface area (Å²) in [5.41, 5.74) is 6.14. The Morgan fingerprint density at radius 1 is 1.04 bits per heavy atom. The summed E-state index contributed by atoms with van der Waals surface area (Å²) in [6.45, 7) is 5.88. The zero-order chi connectivity index (χ0) is 32.8. The van der Waals surface area contributed by atoms with Gasteiger partial charge in [0.15, 0.2) is 0 Å². The molecule has 0 aliphatic carbocycles. The summed E-state index contributed by atoms with van der Waals surface area (Å²) < 4.78 is 11.6. The molecule has 0 unspecified atom stereocenters. The first-order valence-corrected chi connectivity index (χ1v) is 15.6. The number of hydrogen-bond acceptors (Lipinski definition) is 7. The van der Waals surface area contributed by atoms with Gasteiger partial charge in [0.25, 0.3) is 0 Å². The van der Waals surface area contributed by atoms with Crippen molar-refractivity contribution in [3.8, 4) is 22.6 Å². The molecule has 0 fully saturated rings. The Kier molecular flexibility index (Phi) is 11.7. The number of methoxy groups -OCH3 is 1. The molecule has 5 aromatic rings. The van der Waals surface area contributed by atoms with E-state index in [4.69, 9.17) is 9.47 Å². The van der Waals surface area contributed by atoms with Gasteiger partial charge in [-0.25, -0.2) is 0 Å². The zero-order valence-corrected chi connectivity index (χ0v) is 26.5. The van der Waals surface area contributed by atoms with Crippen LogP contribution in [0.15, 0.2) is 139 Å². The standard InChI is InChI=1S/C39H40N4O4/c1-3-9-28(12-7-22-42-31-14-17-36(46-2)34(24-31)30-13-8-21-40-25-30)20-23-41-26-35(44)32-15-18-37(39-33(32)16-19-38(45)43-39)47-27-29-10-5-4-6-11-29/h3-19,21,24-25,35,41-42,44H,1,20,22-23,26-27H2,2H3,(H,43,45)/b12-7-,28-9+/t35-/m0/s1. The van der Waals surface area contributed by atoms with Crippen molar-refractivity contribution in [3.05, 3.63) is 155 Å². The minimum absolute atomic E-state index is 0.227. The van der Waals surface area contributed by atoms with E-state index in [9.17, 15) is 9.90 Å². The molecule has 1 atom stereocenters. The zero-order valence-electron chi connectivity index (χ0n) is 26.5. The van der Waals surface area contributed by atoms with E-state index in [1.807, 2.05) is 72.9 Å². The number of ether oxygens (including phenoxy) is 2. The number of fused-ring (bicyclic) bond motifs is 1. The van der Waals surface area contributed by atoms with Gasteiger partial charge >= 0.3 is 0 Å². The fraction of sp³-hybridized carbons (Fsp3) is 0.179. The molecule has 2 heterocycles. The molecule has 2 aromatic heterocycles. The van der Waals surface area contributed by atoms with E-state index in [1.165, 1.54) is 6.07 Å². The van der Waals surface area contributed by atoms with Gasteiger partial charge in [0.2, 0.25) is 5.56 Å². The van der Waals surface area contributed by atoms with Gasteiger partial charge in [-0.1, -0.05) is 73.3 Å². The third-order valence-electron chi connectivity index (χ3n) is 7.67. The number of benzene rings is 3. The third-order valence-corrected chi connectivity index (χ3v) is 7.67. The number of nitrogens with one attached hydrogen (secondary N) is 3. The molecule has 0 aliphatic heterocycles. The third kappa shape index (κ3) is 9.07. The Morgan fingerprint density at radius 3 is 2.68 bits per heavy atom. The van der Waals surface area contributed by atoms with Crippen LogP contribution in [0.3, 0.4) is 0 Å². The quantitative estimate of drug-likeness (QED) is 0.0690. The first-order chi connectivity index (χ1) is 23.1. The summed E-state index contributed by atoms with van der Waals surface area (Å²) in [6, 6.07) is 26.6. The van der Waals surface area contributed by atoms with Crippen LogP contribution in [-0.2, 0) is 6.61 Å². The van der Waals surface area contributed by atoms with E-state index in [1.54, 1.807) is 31.5 Å². The van der Waals surface area contributed by atoms with Crippen LogP contribution in [0.2, 0.25) is 0 Å². The van der Waals surface area contributed by atoms with E-state index >= 15 is 0 Å². The second-order valence-corrected chi connectivity index (χ2v) is 10.9. The van der Waals surface area contributed by atoms with Crippen LogP contribution in [0, 0.1) is 0 Å².